The molecule has 0 unspecified atom stereocenters. The van der Waals surface area contributed by atoms with Crippen LogP contribution in [0.15, 0.2) is 35.2 Å². The van der Waals surface area contributed by atoms with Crippen LogP contribution < -0.4 is 14.5 Å². The summed E-state index contributed by atoms with van der Waals surface area (Å²) in [5.74, 6) is 0. The van der Waals surface area contributed by atoms with E-state index in [4.69, 9.17) is 0 Å². The van der Waals surface area contributed by atoms with E-state index in [1.54, 1.807) is 6.07 Å². The van der Waals surface area contributed by atoms with Gasteiger partial charge in [-0.15, -0.1) is 0 Å². The maximum atomic E-state index is 12.7. The van der Waals surface area contributed by atoms with E-state index in [1.807, 2.05) is 25.1 Å². The number of anilines is 2. The van der Waals surface area contributed by atoms with Crippen LogP contribution in [0.5, 0.6) is 0 Å². The molecule has 2 aromatic carbocycles. The number of hydrogen-bond donors (Lipinski definition) is 1. The lowest BCUT2D eigenvalue weighted by molar-refractivity contribution is 0.595. The van der Waals surface area contributed by atoms with Gasteiger partial charge in [0.1, 0.15) is 0 Å². The van der Waals surface area contributed by atoms with E-state index in [1.165, 1.54) is 4.31 Å². The average Bonchev–Trinajstić information content (AvgIpc) is 2.74. The van der Waals surface area contributed by atoms with Crippen LogP contribution in [-0.2, 0) is 10.0 Å². The van der Waals surface area contributed by atoms with Gasteiger partial charge >= 0.3 is 0 Å². The Hall–Kier alpha value is -1.79. The summed E-state index contributed by atoms with van der Waals surface area (Å²) in [6.45, 7) is 6.28. The maximum Gasteiger partial charge on any atom is 0.265 e. The van der Waals surface area contributed by atoms with Gasteiger partial charge in [-0.3, -0.25) is 4.31 Å². The van der Waals surface area contributed by atoms with E-state index < -0.39 is 10.0 Å². The molecule has 1 N–H and O–H groups in total. The normalized spacial score (nSPS) is 20.0. The predicted octanol–water partition coefficient (Wildman–Crippen LogP) is 2.17. The Kier molecular flexibility index (Phi) is 3.46. The molecule has 2 aliphatic heterocycles. The zero-order valence-electron chi connectivity index (χ0n) is 13.2. The van der Waals surface area contributed by atoms with Crippen molar-refractivity contribution in [2.75, 3.05) is 41.9 Å². The number of rotatable bonds is 2. The van der Waals surface area contributed by atoms with Crippen molar-refractivity contribution < 1.29 is 8.42 Å². The van der Waals surface area contributed by atoms with Gasteiger partial charge in [-0.1, -0.05) is 12.1 Å². The minimum atomic E-state index is -3.40. The summed E-state index contributed by atoms with van der Waals surface area (Å²) >= 11 is 0. The summed E-state index contributed by atoms with van der Waals surface area (Å²) in [7, 11) is -3.40. The molecule has 122 valence electrons. The lowest BCUT2D eigenvalue weighted by Gasteiger charge is -2.24. The van der Waals surface area contributed by atoms with Gasteiger partial charge in [0, 0.05) is 42.6 Å². The molecule has 0 radical (unpaired) electrons. The molecule has 2 heterocycles. The molecule has 0 aliphatic carbocycles. The van der Waals surface area contributed by atoms with E-state index in [9.17, 15) is 8.42 Å². The first-order valence-corrected chi connectivity index (χ1v) is 9.62. The van der Waals surface area contributed by atoms with Gasteiger partial charge in [-0.25, -0.2) is 8.42 Å². The van der Waals surface area contributed by atoms with Gasteiger partial charge in [0.05, 0.1) is 10.6 Å². The van der Waals surface area contributed by atoms with Crippen LogP contribution in [0.1, 0.15) is 13.3 Å². The van der Waals surface area contributed by atoms with Gasteiger partial charge in [0.15, 0.2) is 0 Å². The van der Waals surface area contributed by atoms with E-state index in [2.05, 4.69) is 16.3 Å². The number of sulfonamides is 1. The molecular weight excluding hydrogens is 310 g/mol. The van der Waals surface area contributed by atoms with Gasteiger partial charge in [-0.2, -0.15) is 0 Å². The highest BCUT2D eigenvalue weighted by molar-refractivity contribution is 7.93. The summed E-state index contributed by atoms with van der Waals surface area (Å²) < 4.78 is 27.0. The molecule has 4 rings (SSSR count). The summed E-state index contributed by atoms with van der Waals surface area (Å²) in [4.78, 5) is 2.81. The molecule has 0 saturated carbocycles. The lowest BCUT2D eigenvalue weighted by Crippen LogP contribution is -2.28. The molecule has 2 aromatic rings. The molecule has 0 spiro atoms. The molecule has 5 nitrogen and oxygen atoms in total. The van der Waals surface area contributed by atoms with Crippen molar-refractivity contribution >= 4 is 32.2 Å². The molecule has 1 fully saturated rings. The second kappa shape index (κ2) is 5.39. The summed E-state index contributed by atoms with van der Waals surface area (Å²) in [5, 5.41) is 5.34. The largest absolute Gasteiger partial charge is 0.370 e. The first-order valence-electron chi connectivity index (χ1n) is 8.18. The minimum Gasteiger partial charge on any atom is -0.370 e. The van der Waals surface area contributed by atoms with Crippen molar-refractivity contribution in [1.82, 2.24) is 5.32 Å². The molecule has 6 heteroatoms. The van der Waals surface area contributed by atoms with Crippen molar-refractivity contribution in [3.8, 4) is 0 Å². The Bertz CT molecular complexity index is 856. The molecule has 1 saturated heterocycles. The summed E-state index contributed by atoms with van der Waals surface area (Å²) in [6, 6.07) is 9.68. The van der Waals surface area contributed by atoms with E-state index in [-0.39, 0.29) is 0 Å². The third-order valence-electron chi connectivity index (χ3n) is 4.76. The number of nitrogens with one attached hydrogen (secondary N) is 1. The Labute approximate surface area is 136 Å². The highest BCUT2D eigenvalue weighted by Crippen LogP contribution is 2.45. The van der Waals surface area contributed by atoms with Gasteiger partial charge < -0.3 is 10.2 Å². The summed E-state index contributed by atoms with van der Waals surface area (Å²) in [6.07, 6.45) is 1.10. The standard InChI is InChI=1S/C17H21N3O2S/c1-2-20-15-8-7-14(19-11-4-9-18-10-12-19)13-5-3-6-16(17(13)15)23(20,21)22/h3,5-8,18H,2,4,9-12H2,1H3. The van der Waals surface area contributed by atoms with Crippen LogP contribution in [-0.4, -0.2) is 41.1 Å². The first kappa shape index (κ1) is 14.8. The second-order valence-electron chi connectivity index (χ2n) is 6.04. The van der Waals surface area contributed by atoms with Crippen molar-refractivity contribution in [2.24, 2.45) is 0 Å². The Morgan fingerprint density at radius 3 is 2.74 bits per heavy atom. The molecule has 0 atom stereocenters. The Morgan fingerprint density at radius 1 is 1.09 bits per heavy atom. The summed E-state index contributed by atoms with van der Waals surface area (Å²) in [5.41, 5.74) is 1.96. The predicted molar refractivity (Wildman–Crippen MR) is 93.9 cm³/mol. The van der Waals surface area contributed by atoms with Crippen molar-refractivity contribution in [2.45, 2.75) is 18.2 Å². The second-order valence-corrected chi connectivity index (χ2v) is 7.87. The van der Waals surface area contributed by atoms with Crippen molar-refractivity contribution in [3.63, 3.8) is 0 Å². The molecule has 0 bridgehead atoms. The zero-order valence-corrected chi connectivity index (χ0v) is 14.1. The van der Waals surface area contributed by atoms with Gasteiger partial charge in [0.2, 0.25) is 0 Å². The Morgan fingerprint density at radius 2 is 1.91 bits per heavy atom. The Balaban J connectivity index is 1.95. The van der Waals surface area contributed by atoms with Crippen LogP contribution in [0.2, 0.25) is 0 Å². The third-order valence-corrected chi connectivity index (χ3v) is 6.69. The lowest BCUT2D eigenvalue weighted by atomic mass is 10.1. The van der Waals surface area contributed by atoms with E-state index >= 15 is 0 Å². The number of hydrogen-bond acceptors (Lipinski definition) is 4. The quantitative estimate of drug-likeness (QED) is 0.916. The monoisotopic (exact) mass is 331 g/mol. The number of nitrogens with zero attached hydrogens (tertiary/aromatic N) is 2. The van der Waals surface area contributed by atoms with Crippen LogP contribution >= 0.6 is 0 Å². The van der Waals surface area contributed by atoms with E-state index in [0.717, 1.165) is 54.7 Å². The third kappa shape index (κ3) is 2.12. The molecule has 0 amide bonds. The smallest absolute Gasteiger partial charge is 0.265 e. The number of benzene rings is 2. The molecular formula is C17H21N3O2S. The SMILES string of the molecule is CCN1c2ccc(N3CCCNCC3)c3cccc(c23)S1(=O)=O. The average molecular weight is 331 g/mol. The van der Waals surface area contributed by atoms with E-state index in [0.29, 0.717) is 11.4 Å². The van der Waals surface area contributed by atoms with Crippen molar-refractivity contribution in [1.29, 1.82) is 0 Å². The van der Waals surface area contributed by atoms with Crippen LogP contribution in [0.25, 0.3) is 10.8 Å². The van der Waals surface area contributed by atoms with Crippen LogP contribution in [0, 0.1) is 0 Å². The molecule has 0 aromatic heterocycles. The van der Waals surface area contributed by atoms with Gasteiger partial charge in [0.25, 0.3) is 10.0 Å². The van der Waals surface area contributed by atoms with Crippen LogP contribution in [0.3, 0.4) is 0 Å². The maximum absolute atomic E-state index is 12.7. The topological polar surface area (TPSA) is 52.6 Å². The molecule has 23 heavy (non-hydrogen) atoms. The fraction of sp³-hybridized carbons (Fsp3) is 0.412. The van der Waals surface area contributed by atoms with Crippen molar-refractivity contribution in [3.05, 3.63) is 30.3 Å². The van der Waals surface area contributed by atoms with Crippen LogP contribution in [0.4, 0.5) is 11.4 Å². The highest BCUT2D eigenvalue weighted by atomic mass is 32.2. The van der Waals surface area contributed by atoms with Gasteiger partial charge in [-0.05, 0) is 38.1 Å². The molecule has 2 aliphatic rings. The first-order chi connectivity index (χ1) is 11.1. The zero-order chi connectivity index (χ0) is 16.0. The fourth-order valence-corrected chi connectivity index (χ4v) is 5.42. The minimum absolute atomic E-state index is 0.446. The highest BCUT2D eigenvalue weighted by Gasteiger charge is 2.35. The fourth-order valence-electron chi connectivity index (χ4n) is 3.71.